The minimum Gasteiger partial charge on any atom is -0.324 e. The highest BCUT2D eigenvalue weighted by molar-refractivity contribution is 9.10. The second-order valence-electron chi connectivity index (χ2n) is 3.53. The lowest BCUT2D eigenvalue weighted by atomic mass is 10.0. The lowest BCUT2D eigenvalue weighted by molar-refractivity contribution is 0.553. The van der Waals surface area contributed by atoms with Crippen LogP contribution >= 0.6 is 28.3 Å². The average molecular weight is 281 g/mol. The number of benzene rings is 1. The molecule has 0 aliphatic heterocycles. The van der Waals surface area contributed by atoms with E-state index >= 15 is 0 Å². The normalized spacial score (nSPS) is 17.4. The molecule has 4 heteroatoms. The maximum atomic E-state index is 13.4. The van der Waals surface area contributed by atoms with Crippen molar-refractivity contribution in [1.82, 2.24) is 0 Å². The fourth-order valence-corrected chi connectivity index (χ4v) is 1.81. The molecular weight excluding hydrogens is 268 g/mol. The minimum atomic E-state index is -0.200. The third-order valence-electron chi connectivity index (χ3n) is 2.45. The van der Waals surface area contributed by atoms with Crippen LogP contribution < -0.4 is 5.73 Å². The summed E-state index contributed by atoms with van der Waals surface area (Å²) in [6.07, 6.45) is 2.27. The fourth-order valence-electron chi connectivity index (χ4n) is 1.48. The van der Waals surface area contributed by atoms with Crippen molar-refractivity contribution >= 4 is 28.3 Å². The summed E-state index contributed by atoms with van der Waals surface area (Å²) in [6, 6.07) is 4.95. The average Bonchev–Trinajstić information content (AvgIpc) is 2.85. The van der Waals surface area contributed by atoms with Crippen molar-refractivity contribution in [3.8, 4) is 0 Å². The summed E-state index contributed by atoms with van der Waals surface area (Å²) in [6.45, 7) is 0. The molecule has 0 heterocycles. The maximum absolute atomic E-state index is 13.4. The van der Waals surface area contributed by atoms with Crippen LogP contribution in [0, 0.1) is 11.7 Å². The lowest BCUT2D eigenvalue weighted by Crippen LogP contribution is -2.13. The Balaban J connectivity index is 0.000000980. The van der Waals surface area contributed by atoms with E-state index in [1.54, 1.807) is 6.07 Å². The van der Waals surface area contributed by atoms with E-state index < -0.39 is 0 Å². The van der Waals surface area contributed by atoms with Gasteiger partial charge in [0.15, 0.2) is 0 Å². The van der Waals surface area contributed by atoms with Gasteiger partial charge in [-0.15, -0.1) is 12.4 Å². The number of nitrogens with two attached hydrogens (primary N) is 1. The van der Waals surface area contributed by atoms with Gasteiger partial charge in [-0.3, -0.25) is 0 Å². The van der Waals surface area contributed by atoms with Crippen molar-refractivity contribution in [3.05, 3.63) is 34.1 Å². The smallest absolute Gasteiger partial charge is 0.129 e. The number of rotatable bonds is 2. The zero-order valence-electron chi connectivity index (χ0n) is 7.54. The third kappa shape index (κ3) is 2.47. The molecule has 1 saturated carbocycles. The van der Waals surface area contributed by atoms with Gasteiger partial charge in [0.1, 0.15) is 5.82 Å². The van der Waals surface area contributed by atoms with Gasteiger partial charge in [0.05, 0.1) is 0 Å². The molecule has 0 bridgehead atoms. The van der Waals surface area contributed by atoms with Crippen molar-refractivity contribution in [2.45, 2.75) is 18.9 Å². The molecule has 1 aromatic carbocycles. The van der Waals surface area contributed by atoms with Gasteiger partial charge in [-0.25, -0.2) is 4.39 Å². The quantitative estimate of drug-likeness (QED) is 0.882. The molecule has 1 nitrogen and oxygen atoms in total. The third-order valence-corrected chi connectivity index (χ3v) is 2.94. The molecule has 1 aliphatic rings. The molecule has 1 aliphatic carbocycles. The van der Waals surface area contributed by atoms with Crippen LogP contribution in [0.1, 0.15) is 24.4 Å². The Bertz CT molecular complexity index is 328. The van der Waals surface area contributed by atoms with Crippen LogP contribution in [-0.2, 0) is 0 Å². The van der Waals surface area contributed by atoms with Crippen LogP contribution in [-0.4, -0.2) is 0 Å². The Hall–Kier alpha value is -0.120. The van der Waals surface area contributed by atoms with Crippen molar-refractivity contribution < 1.29 is 4.39 Å². The SMILES string of the molecule is Cl.N[C@@H](c1ccc(Br)cc1F)C1CC1. The summed E-state index contributed by atoms with van der Waals surface area (Å²) in [5.74, 6) is 0.296. The molecule has 0 radical (unpaired) electrons. The largest absolute Gasteiger partial charge is 0.324 e. The van der Waals surface area contributed by atoms with Crippen LogP contribution in [0.5, 0.6) is 0 Å². The standard InChI is InChI=1S/C10H11BrFN.ClH/c11-7-3-4-8(9(12)5-7)10(13)6-1-2-6;/h3-6,10H,1-2,13H2;1H/t10-;/m1./s1. The van der Waals surface area contributed by atoms with Crippen LogP contribution in [0.4, 0.5) is 4.39 Å². The lowest BCUT2D eigenvalue weighted by Gasteiger charge is -2.11. The zero-order valence-corrected chi connectivity index (χ0v) is 9.94. The van der Waals surface area contributed by atoms with Crippen LogP contribution in [0.15, 0.2) is 22.7 Å². The van der Waals surface area contributed by atoms with Crippen LogP contribution in [0.25, 0.3) is 0 Å². The van der Waals surface area contributed by atoms with Gasteiger partial charge in [-0.1, -0.05) is 22.0 Å². The molecule has 0 aromatic heterocycles. The maximum Gasteiger partial charge on any atom is 0.129 e. The molecule has 1 atom stereocenters. The summed E-state index contributed by atoms with van der Waals surface area (Å²) < 4.78 is 14.1. The Morgan fingerprint density at radius 3 is 2.57 bits per heavy atom. The number of halogens is 3. The van der Waals surface area contributed by atoms with Crippen molar-refractivity contribution in [3.63, 3.8) is 0 Å². The van der Waals surface area contributed by atoms with Gasteiger partial charge >= 0.3 is 0 Å². The van der Waals surface area contributed by atoms with Crippen molar-refractivity contribution in [1.29, 1.82) is 0 Å². The molecule has 1 fully saturated rings. The molecule has 0 spiro atoms. The second-order valence-corrected chi connectivity index (χ2v) is 4.44. The molecule has 2 rings (SSSR count). The van der Waals surface area contributed by atoms with E-state index in [-0.39, 0.29) is 24.3 Å². The summed E-state index contributed by atoms with van der Waals surface area (Å²) in [7, 11) is 0. The summed E-state index contributed by atoms with van der Waals surface area (Å²) >= 11 is 3.22. The Morgan fingerprint density at radius 2 is 2.07 bits per heavy atom. The molecule has 0 amide bonds. The monoisotopic (exact) mass is 279 g/mol. The molecule has 2 N–H and O–H groups in total. The first kappa shape index (κ1) is 12.0. The predicted molar refractivity (Wildman–Crippen MR) is 61.0 cm³/mol. The first-order valence-corrected chi connectivity index (χ1v) is 5.18. The Kier molecular flexibility index (Phi) is 3.93. The summed E-state index contributed by atoms with van der Waals surface area (Å²) in [5.41, 5.74) is 6.54. The molecular formula is C10H12BrClFN. The highest BCUT2D eigenvalue weighted by Crippen LogP contribution is 2.40. The van der Waals surface area contributed by atoms with Gasteiger partial charge in [0.2, 0.25) is 0 Å². The van der Waals surface area contributed by atoms with Gasteiger partial charge in [0.25, 0.3) is 0 Å². The van der Waals surface area contributed by atoms with E-state index in [1.165, 1.54) is 6.07 Å². The van der Waals surface area contributed by atoms with Gasteiger partial charge < -0.3 is 5.73 Å². The highest BCUT2D eigenvalue weighted by Gasteiger charge is 2.30. The Morgan fingerprint density at radius 1 is 1.43 bits per heavy atom. The Labute approximate surface area is 97.4 Å². The predicted octanol–water partition coefficient (Wildman–Crippen LogP) is 3.42. The molecule has 0 saturated heterocycles. The van der Waals surface area contributed by atoms with E-state index in [0.29, 0.717) is 11.5 Å². The second kappa shape index (κ2) is 4.60. The van der Waals surface area contributed by atoms with E-state index in [2.05, 4.69) is 15.9 Å². The number of hydrogen-bond acceptors (Lipinski definition) is 1. The summed E-state index contributed by atoms with van der Waals surface area (Å²) in [5, 5.41) is 0. The number of hydrogen-bond donors (Lipinski definition) is 1. The molecule has 1 aromatic rings. The van der Waals surface area contributed by atoms with Gasteiger partial charge in [0, 0.05) is 16.1 Å². The van der Waals surface area contributed by atoms with Crippen LogP contribution in [0.3, 0.4) is 0 Å². The van der Waals surface area contributed by atoms with Crippen molar-refractivity contribution in [2.75, 3.05) is 0 Å². The molecule has 0 unspecified atom stereocenters. The van der Waals surface area contributed by atoms with E-state index in [4.69, 9.17) is 5.73 Å². The minimum absolute atomic E-state index is 0. The van der Waals surface area contributed by atoms with Crippen molar-refractivity contribution in [2.24, 2.45) is 11.7 Å². The first-order chi connectivity index (χ1) is 6.18. The molecule has 78 valence electrons. The summed E-state index contributed by atoms with van der Waals surface area (Å²) in [4.78, 5) is 0. The topological polar surface area (TPSA) is 26.0 Å². The highest BCUT2D eigenvalue weighted by atomic mass is 79.9. The van der Waals surface area contributed by atoms with Crippen LogP contribution in [0.2, 0.25) is 0 Å². The van der Waals surface area contributed by atoms with Gasteiger partial charge in [-0.2, -0.15) is 0 Å². The van der Waals surface area contributed by atoms with Gasteiger partial charge in [-0.05, 0) is 30.9 Å². The van der Waals surface area contributed by atoms with E-state index in [1.807, 2.05) is 6.07 Å². The fraction of sp³-hybridized carbons (Fsp3) is 0.400. The zero-order chi connectivity index (χ0) is 9.42. The molecule has 14 heavy (non-hydrogen) atoms. The van der Waals surface area contributed by atoms with E-state index in [9.17, 15) is 4.39 Å². The first-order valence-electron chi connectivity index (χ1n) is 4.39. The van der Waals surface area contributed by atoms with E-state index in [0.717, 1.165) is 17.3 Å².